The molecule has 23 heavy (non-hydrogen) atoms. The van der Waals surface area contributed by atoms with E-state index < -0.39 is 0 Å². The summed E-state index contributed by atoms with van der Waals surface area (Å²) in [6.45, 7) is 2.98. The minimum absolute atomic E-state index is 0.0844. The first kappa shape index (κ1) is 15.3. The highest BCUT2D eigenvalue weighted by Gasteiger charge is 2.21. The number of aromatic nitrogens is 1. The van der Waals surface area contributed by atoms with Crippen LogP contribution in [0.2, 0.25) is 0 Å². The van der Waals surface area contributed by atoms with E-state index in [0.717, 1.165) is 36.5 Å². The van der Waals surface area contributed by atoms with Crippen molar-refractivity contribution in [1.82, 2.24) is 10.3 Å². The molecule has 2 aromatic rings. The van der Waals surface area contributed by atoms with E-state index in [-0.39, 0.29) is 5.91 Å². The third kappa shape index (κ3) is 3.22. The van der Waals surface area contributed by atoms with Crippen molar-refractivity contribution in [1.29, 1.82) is 0 Å². The molecule has 0 bridgehead atoms. The fourth-order valence-electron chi connectivity index (χ4n) is 3.54. The first-order valence-electron chi connectivity index (χ1n) is 8.56. The van der Waals surface area contributed by atoms with Gasteiger partial charge in [0, 0.05) is 22.7 Å². The van der Waals surface area contributed by atoms with Crippen molar-refractivity contribution >= 4 is 28.6 Å². The zero-order valence-electron chi connectivity index (χ0n) is 13.5. The third-order valence-electron chi connectivity index (χ3n) is 4.82. The molecule has 4 rings (SSSR count). The Morgan fingerprint density at radius 1 is 1.30 bits per heavy atom. The number of carbonyl (C=O) groups is 1. The molecule has 2 aliphatic carbocycles. The largest absolute Gasteiger partial charge is 0.351 e. The van der Waals surface area contributed by atoms with Crippen LogP contribution in [0.25, 0.3) is 0 Å². The van der Waals surface area contributed by atoms with E-state index in [0.29, 0.717) is 6.54 Å². The summed E-state index contributed by atoms with van der Waals surface area (Å²) < 4.78 is 0. The predicted molar refractivity (Wildman–Crippen MR) is 95.7 cm³/mol. The van der Waals surface area contributed by atoms with Gasteiger partial charge in [0.15, 0.2) is 0 Å². The minimum Gasteiger partial charge on any atom is -0.351 e. The number of thiophene rings is 1. The van der Waals surface area contributed by atoms with E-state index in [2.05, 4.69) is 18.3 Å². The zero-order chi connectivity index (χ0) is 15.8. The van der Waals surface area contributed by atoms with E-state index in [1.54, 1.807) is 11.3 Å². The van der Waals surface area contributed by atoms with Gasteiger partial charge in [0.1, 0.15) is 0 Å². The van der Waals surface area contributed by atoms with Crippen molar-refractivity contribution in [2.45, 2.75) is 51.9 Å². The summed E-state index contributed by atoms with van der Waals surface area (Å²) in [5.41, 5.74) is 2.70. The summed E-state index contributed by atoms with van der Waals surface area (Å²) in [6, 6.07) is 2.11. The van der Waals surface area contributed by atoms with Crippen LogP contribution in [0.3, 0.4) is 0 Å². The number of thiazole rings is 1. The highest BCUT2D eigenvalue weighted by molar-refractivity contribution is 7.14. The van der Waals surface area contributed by atoms with Crippen LogP contribution in [0.4, 0.5) is 0 Å². The molecular weight excluding hydrogens is 324 g/mol. The molecule has 0 saturated heterocycles. The molecule has 3 nitrogen and oxygen atoms in total. The van der Waals surface area contributed by atoms with Gasteiger partial charge in [-0.3, -0.25) is 4.79 Å². The van der Waals surface area contributed by atoms with Crippen LogP contribution in [0.5, 0.6) is 0 Å². The second-order valence-corrected chi connectivity index (χ2v) is 9.05. The first-order valence-corrected chi connectivity index (χ1v) is 10.2. The molecule has 1 amide bonds. The molecule has 0 aliphatic heterocycles. The number of amides is 1. The maximum Gasteiger partial charge on any atom is 0.261 e. The quantitative estimate of drug-likeness (QED) is 0.915. The van der Waals surface area contributed by atoms with Gasteiger partial charge in [0.25, 0.3) is 5.91 Å². The molecular formula is C18H22N2OS2. The minimum atomic E-state index is 0.0844. The standard InChI is InChI=1S/C18H22N2OS2/c1-11-5-6-14-12(9-11)10-16(22-14)18(21)19-8-7-17-20-13-3-2-4-15(13)23-17/h10-11H,2-9H2,1H3,(H,19,21)/t11-/m1/s1. The fraction of sp³-hybridized carbons (Fsp3) is 0.556. The van der Waals surface area contributed by atoms with Gasteiger partial charge in [-0.1, -0.05) is 6.92 Å². The van der Waals surface area contributed by atoms with Crippen molar-refractivity contribution in [3.8, 4) is 0 Å². The Kier molecular flexibility index (Phi) is 4.24. The van der Waals surface area contributed by atoms with Crippen molar-refractivity contribution in [2.24, 2.45) is 5.92 Å². The lowest BCUT2D eigenvalue weighted by atomic mass is 9.90. The van der Waals surface area contributed by atoms with Gasteiger partial charge in [-0.25, -0.2) is 4.98 Å². The molecule has 2 aliphatic rings. The smallest absolute Gasteiger partial charge is 0.261 e. The summed E-state index contributed by atoms with van der Waals surface area (Å²) in [7, 11) is 0. The Labute approximate surface area is 145 Å². The van der Waals surface area contributed by atoms with E-state index >= 15 is 0 Å². The van der Waals surface area contributed by atoms with Crippen LogP contribution in [-0.4, -0.2) is 17.4 Å². The Morgan fingerprint density at radius 2 is 2.22 bits per heavy atom. The average molecular weight is 347 g/mol. The predicted octanol–water partition coefficient (Wildman–Crippen LogP) is 3.79. The Bertz CT molecular complexity index is 710. The lowest BCUT2D eigenvalue weighted by Gasteiger charge is -2.16. The number of nitrogens with one attached hydrogen (secondary N) is 1. The highest BCUT2D eigenvalue weighted by Crippen LogP contribution is 2.32. The van der Waals surface area contributed by atoms with Crippen molar-refractivity contribution in [3.05, 3.63) is 37.0 Å². The summed E-state index contributed by atoms with van der Waals surface area (Å²) in [5.74, 6) is 0.834. The van der Waals surface area contributed by atoms with Gasteiger partial charge in [0.2, 0.25) is 0 Å². The second-order valence-electron chi connectivity index (χ2n) is 6.74. The second kappa shape index (κ2) is 6.36. The maximum absolute atomic E-state index is 12.4. The van der Waals surface area contributed by atoms with Crippen LogP contribution in [-0.2, 0) is 32.1 Å². The van der Waals surface area contributed by atoms with E-state index in [4.69, 9.17) is 4.98 Å². The van der Waals surface area contributed by atoms with Gasteiger partial charge in [0.05, 0.1) is 15.6 Å². The summed E-state index contributed by atoms with van der Waals surface area (Å²) in [4.78, 5) is 20.8. The van der Waals surface area contributed by atoms with Gasteiger partial charge < -0.3 is 5.32 Å². The molecule has 2 heterocycles. The van der Waals surface area contributed by atoms with Crippen LogP contribution >= 0.6 is 22.7 Å². The van der Waals surface area contributed by atoms with Crippen molar-refractivity contribution in [3.63, 3.8) is 0 Å². The summed E-state index contributed by atoms with van der Waals surface area (Å²) >= 11 is 3.52. The average Bonchev–Trinajstić information content (AvgIpc) is 3.19. The Balaban J connectivity index is 1.33. The van der Waals surface area contributed by atoms with E-state index in [9.17, 15) is 4.79 Å². The Morgan fingerprint density at radius 3 is 3.09 bits per heavy atom. The zero-order valence-corrected chi connectivity index (χ0v) is 15.1. The molecule has 0 spiro atoms. The van der Waals surface area contributed by atoms with Crippen LogP contribution in [0, 0.1) is 5.92 Å². The molecule has 5 heteroatoms. The Hall–Kier alpha value is -1.20. The highest BCUT2D eigenvalue weighted by atomic mass is 32.1. The SMILES string of the molecule is C[C@@H]1CCc2sc(C(=O)NCCc3nc4c(s3)CCC4)cc2C1. The van der Waals surface area contributed by atoms with Gasteiger partial charge in [-0.2, -0.15) is 0 Å². The molecule has 0 fully saturated rings. The maximum atomic E-state index is 12.4. The number of rotatable bonds is 4. The number of fused-ring (bicyclic) bond motifs is 2. The lowest BCUT2D eigenvalue weighted by Crippen LogP contribution is -2.24. The molecule has 2 aromatic heterocycles. The van der Waals surface area contributed by atoms with Gasteiger partial charge in [-0.05, 0) is 56.1 Å². The monoisotopic (exact) mass is 346 g/mol. The fourth-order valence-corrected chi connectivity index (χ4v) is 5.82. The lowest BCUT2D eigenvalue weighted by molar-refractivity contribution is 0.0958. The van der Waals surface area contributed by atoms with Gasteiger partial charge in [-0.15, -0.1) is 22.7 Å². The van der Waals surface area contributed by atoms with E-state index in [1.165, 1.54) is 45.3 Å². The molecule has 0 saturated carbocycles. The number of carbonyl (C=O) groups excluding carboxylic acids is 1. The number of nitrogens with zero attached hydrogens (tertiary/aromatic N) is 1. The molecule has 0 unspecified atom stereocenters. The molecule has 122 valence electrons. The molecule has 0 aromatic carbocycles. The topological polar surface area (TPSA) is 42.0 Å². The third-order valence-corrected chi connectivity index (χ3v) is 7.27. The van der Waals surface area contributed by atoms with Crippen LogP contribution in [0.15, 0.2) is 6.07 Å². The number of aryl methyl sites for hydroxylation is 3. The van der Waals surface area contributed by atoms with Crippen LogP contribution in [0.1, 0.15) is 55.5 Å². The normalized spacial score (nSPS) is 19.4. The molecule has 1 atom stereocenters. The number of hydrogen-bond acceptors (Lipinski definition) is 4. The van der Waals surface area contributed by atoms with Crippen molar-refractivity contribution in [2.75, 3.05) is 6.54 Å². The van der Waals surface area contributed by atoms with Gasteiger partial charge >= 0.3 is 0 Å². The molecule has 1 N–H and O–H groups in total. The summed E-state index contributed by atoms with van der Waals surface area (Å²) in [6.07, 6.45) is 7.96. The molecule has 0 radical (unpaired) electrons. The summed E-state index contributed by atoms with van der Waals surface area (Å²) in [5, 5.41) is 4.25. The number of hydrogen-bond donors (Lipinski definition) is 1. The van der Waals surface area contributed by atoms with Crippen molar-refractivity contribution < 1.29 is 4.79 Å². The van der Waals surface area contributed by atoms with E-state index in [1.807, 2.05) is 11.3 Å². The van der Waals surface area contributed by atoms with Crippen LogP contribution < -0.4 is 5.32 Å². The first-order chi connectivity index (χ1) is 11.2.